The molecule has 0 saturated carbocycles. The fourth-order valence-corrected chi connectivity index (χ4v) is 5.03. The second-order valence-electron chi connectivity index (χ2n) is 7.16. The summed E-state index contributed by atoms with van der Waals surface area (Å²) in [7, 11) is 0. The Morgan fingerprint density at radius 1 is 1.16 bits per heavy atom. The predicted molar refractivity (Wildman–Crippen MR) is 110 cm³/mol. The fraction of sp³-hybridized carbons (Fsp3) is 0.400. The average Bonchev–Trinajstić information content (AvgIpc) is 2.76. The van der Waals surface area contributed by atoms with Crippen LogP contribution in [0.1, 0.15) is 17.4 Å². The topological polar surface area (TPSA) is 96.7 Å². The van der Waals surface area contributed by atoms with Crippen molar-refractivity contribution in [3.8, 4) is 0 Å². The van der Waals surface area contributed by atoms with E-state index >= 15 is 0 Å². The Labute approximate surface area is 190 Å². The zero-order chi connectivity index (χ0) is 22.9. The van der Waals surface area contributed by atoms with Crippen LogP contribution in [0.2, 0.25) is 5.02 Å². The van der Waals surface area contributed by atoms with Crippen molar-refractivity contribution in [2.45, 2.75) is 47.2 Å². The van der Waals surface area contributed by atoms with E-state index in [9.17, 15) is 18.3 Å². The first kappa shape index (κ1) is 23.2. The van der Waals surface area contributed by atoms with Crippen molar-refractivity contribution in [1.82, 2.24) is 0 Å². The summed E-state index contributed by atoms with van der Waals surface area (Å²) < 4.78 is 56.5. The minimum Gasteiger partial charge on any atom is -0.389 e. The highest BCUT2D eigenvalue weighted by molar-refractivity contribution is 7.99. The first-order chi connectivity index (χ1) is 15.3. The number of nitrogens with zero attached hydrogens (tertiary/aromatic N) is 3. The number of hydrogen-bond donors (Lipinski definition) is 1. The van der Waals surface area contributed by atoms with Crippen molar-refractivity contribution < 1.29 is 32.5 Å². The Morgan fingerprint density at radius 2 is 1.91 bits per heavy atom. The number of ether oxygens (including phenoxy) is 3. The van der Waals surface area contributed by atoms with Crippen LogP contribution in [0, 0.1) is 0 Å². The van der Waals surface area contributed by atoms with Gasteiger partial charge in [0.15, 0.2) is 6.29 Å². The molecule has 0 radical (unpaired) electrons. The van der Waals surface area contributed by atoms with Crippen LogP contribution in [-0.4, -0.2) is 41.5 Å². The molecule has 0 aliphatic carbocycles. The Balaban J connectivity index is 1.53. The van der Waals surface area contributed by atoms with E-state index in [1.165, 1.54) is 6.07 Å². The largest absolute Gasteiger partial charge is 0.417 e. The summed E-state index contributed by atoms with van der Waals surface area (Å²) in [4.78, 5) is 3.18. The number of thioether (sulfide) groups is 1. The van der Waals surface area contributed by atoms with E-state index in [1.807, 2.05) is 30.3 Å². The van der Waals surface area contributed by atoms with E-state index in [-0.39, 0.29) is 6.61 Å². The van der Waals surface area contributed by atoms with Crippen molar-refractivity contribution >= 4 is 23.4 Å². The quantitative estimate of drug-likeness (QED) is 0.357. The number of alkyl halides is 3. The third kappa shape index (κ3) is 4.84. The van der Waals surface area contributed by atoms with Crippen molar-refractivity contribution in [3.05, 3.63) is 75.1 Å². The maximum atomic E-state index is 12.9. The van der Waals surface area contributed by atoms with E-state index in [0.717, 1.165) is 29.5 Å². The lowest BCUT2D eigenvalue weighted by Crippen LogP contribution is -2.60. The second kappa shape index (κ2) is 9.48. The number of azide groups is 1. The monoisotopic (exact) mass is 487 g/mol. The molecule has 2 aromatic rings. The smallest absolute Gasteiger partial charge is 0.389 e. The normalized spacial score (nSPS) is 30.3. The van der Waals surface area contributed by atoms with Gasteiger partial charge in [0.1, 0.15) is 23.7 Å². The summed E-state index contributed by atoms with van der Waals surface area (Å²) in [6.45, 7) is 0.110. The third-order valence-corrected chi connectivity index (χ3v) is 6.55. The summed E-state index contributed by atoms with van der Waals surface area (Å²) in [6.07, 6.45) is -8.01. The van der Waals surface area contributed by atoms with Gasteiger partial charge in [0.05, 0.1) is 23.2 Å². The maximum absolute atomic E-state index is 12.9. The van der Waals surface area contributed by atoms with Crippen LogP contribution < -0.4 is 0 Å². The molecule has 3 unspecified atom stereocenters. The predicted octanol–water partition coefficient (Wildman–Crippen LogP) is 5.33. The number of aliphatic hydroxyl groups excluding tert-OH is 1. The molecule has 2 saturated heterocycles. The summed E-state index contributed by atoms with van der Waals surface area (Å²) in [5, 5.41) is 14.1. The van der Waals surface area contributed by atoms with Crippen LogP contribution in [0.15, 0.2) is 58.5 Å². The van der Waals surface area contributed by atoms with Gasteiger partial charge in [-0.25, -0.2) is 0 Å². The molecule has 4 rings (SSSR count). The van der Waals surface area contributed by atoms with E-state index in [1.54, 1.807) is 0 Å². The van der Waals surface area contributed by atoms with Gasteiger partial charge in [0.2, 0.25) is 0 Å². The first-order valence-electron chi connectivity index (χ1n) is 9.51. The highest BCUT2D eigenvalue weighted by Gasteiger charge is 2.49. The van der Waals surface area contributed by atoms with E-state index < -0.39 is 52.8 Å². The maximum Gasteiger partial charge on any atom is 0.417 e. The Bertz CT molecular complexity index is 1010. The summed E-state index contributed by atoms with van der Waals surface area (Å²) >= 11 is 6.76. The Hall–Kier alpha value is -1.98. The molecule has 170 valence electrons. The van der Waals surface area contributed by atoms with Gasteiger partial charge in [0, 0.05) is 15.4 Å². The molecule has 0 spiro atoms. The van der Waals surface area contributed by atoms with Crippen LogP contribution in [0.25, 0.3) is 10.4 Å². The average molecular weight is 488 g/mol. The van der Waals surface area contributed by atoms with Crippen molar-refractivity contribution in [2.24, 2.45) is 5.11 Å². The third-order valence-electron chi connectivity index (χ3n) is 5.09. The van der Waals surface area contributed by atoms with Gasteiger partial charge < -0.3 is 19.3 Å². The number of aliphatic hydroxyl groups is 1. The second-order valence-corrected chi connectivity index (χ2v) is 8.74. The van der Waals surface area contributed by atoms with E-state index in [0.29, 0.717) is 4.90 Å². The molecule has 7 nitrogen and oxygen atoms in total. The van der Waals surface area contributed by atoms with Crippen molar-refractivity contribution in [2.75, 3.05) is 6.61 Å². The molecular formula is C20H17ClF3N3O4S. The molecule has 12 heteroatoms. The van der Waals surface area contributed by atoms with Crippen LogP contribution in [-0.2, 0) is 20.4 Å². The lowest BCUT2D eigenvalue weighted by molar-refractivity contribution is -0.297. The van der Waals surface area contributed by atoms with Gasteiger partial charge in [0.25, 0.3) is 0 Å². The van der Waals surface area contributed by atoms with Crippen LogP contribution in [0.4, 0.5) is 13.2 Å². The molecule has 2 aliphatic heterocycles. The number of benzene rings is 2. The molecule has 0 aromatic heterocycles. The summed E-state index contributed by atoms with van der Waals surface area (Å²) in [6, 6.07) is 11.4. The SMILES string of the molecule is [N-]=[N+]=NC1[C@H]2OC(c3ccccc3)OCC2O[C@H](Sc2ccc(C(F)(F)F)c(Cl)c2)[C@H]1O. The molecule has 32 heavy (non-hydrogen) atoms. The molecule has 2 heterocycles. The molecule has 2 fully saturated rings. The molecule has 6 atom stereocenters. The zero-order valence-electron chi connectivity index (χ0n) is 16.2. The zero-order valence-corrected chi connectivity index (χ0v) is 17.8. The molecule has 2 aromatic carbocycles. The van der Waals surface area contributed by atoms with Gasteiger partial charge in [-0.3, -0.25) is 0 Å². The van der Waals surface area contributed by atoms with Gasteiger partial charge in [-0.05, 0) is 23.7 Å². The molecule has 1 N–H and O–H groups in total. The van der Waals surface area contributed by atoms with Gasteiger partial charge in [-0.1, -0.05) is 58.8 Å². The van der Waals surface area contributed by atoms with Gasteiger partial charge in [-0.15, -0.1) is 0 Å². The lowest BCUT2D eigenvalue weighted by Gasteiger charge is -2.46. The van der Waals surface area contributed by atoms with Crippen LogP contribution in [0.3, 0.4) is 0 Å². The standard InChI is InChI=1S/C20H17ClF3N3O4S/c21-13-8-11(6-7-12(13)20(22,23)24)32-19-16(28)15(26-27-25)17-14(30-19)9-29-18(31-17)10-4-2-1-3-5-10/h1-8,14-19,28H,9H2/t14?,15?,16-,17-,18?,19+/m0/s1. The number of fused-ring (bicyclic) bond motifs is 1. The fourth-order valence-electron chi connectivity index (χ4n) is 3.58. The summed E-state index contributed by atoms with van der Waals surface area (Å²) in [5.41, 5.74) is 7.88. The summed E-state index contributed by atoms with van der Waals surface area (Å²) in [5.74, 6) is 0. The van der Waals surface area contributed by atoms with Crippen LogP contribution in [0.5, 0.6) is 0 Å². The van der Waals surface area contributed by atoms with Crippen molar-refractivity contribution in [1.29, 1.82) is 0 Å². The number of halogens is 4. The van der Waals surface area contributed by atoms with Gasteiger partial charge >= 0.3 is 6.18 Å². The van der Waals surface area contributed by atoms with E-state index in [2.05, 4.69) is 10.0 Å². The van der Waals surface area contributed by atoms with Gasteiger partial charge in [-0.2, -0.15) is 13.2 Å². The minimum atomic E-state index is -4.58. The number of rotatable bonds is 4. The lowest BCUT2D eigenvalue weighted by atomic mass is 9.97. The molecule has 2 aliphatic rings. The van der Waals surface area contributed by atoms with Crippen molar-refractivity contribution in [3.63, 3.8) is 0 Å². The number of hydrogen-bond acceptors (Lipinski definition) is 6. The highest BCUT2D eigenvalue weighted by Crippen LogP contribution is 2.42. The molecule has 0 bridgehead atoms. The van der Waals surface area contributed by atoms with Crippen LogP contribution >= 0.6 is 23.4 Å². The molecular weight excluding hydrogens is 471 g/mol. The Morgan fingerprint density at radius 3 is 2.56 bits per heavy atom. The minimum absolute atomic E-state index is 0.110. The highest BCUT2D eigenvalue weighted by atomic mass is 35.5. The molecule has 0 amide bonds. The first-order valence-corrected chi connectivity index (χ1v) is 10.8. The Kier molecular flexibility index (Phi) is 6.87. The van der Waals surface area contributed by atoms with E-state index in [4.69, 9.17) is 31.3 Å².